The minimum atomic E-state index is -0.927. The maximum atomic E-state index is 11.8. The van der Waals surface area contributed by atoms with E-state index in [9.17, 15) is 5.11 Å². The van der Waals surface area contributed by atoms with Gasteiger partial charge in [0.25, 0.3) is 0 Å². The SMILES string of the molecule is N#Cc1ccc([C@H]2CCC(O)(c3ccc4ccccc4c3)C3CN=CN32)cc1. The fraction of sp³-hybridized carbons (Fsp3) is 0.250. The van der Waals surface area contributed by atoms with Crippen molar-refractivity contribution in [3.8, 4) is 6.07 Å². The van der Waals surface area contributed by atoms with E-state index in [0.29, 0.717) is 18.5 Å². The van der Waals surface area contributed by atoms with Crippen LogP contribution in [0.2, 0.25) is 0 Å². The van der Waals surface area contributed by atoms with Crippen molar-refractivity contribution in [1.29, 1.82) is 5.26 Å². The molecule has 0 amide bonds. The average Bonchev–Trinajstić information content (AvgIpc) is 3.25. The lowest BCUT2D eigenvalue weighted by molar-refractivity contribution is -0.0718. The van der Waals surface area contributed by atoms with E-state index < -0.39 is 5.60 Å². The van der Waals surface area contributed by atoms with E-state index in [2.05, 4.69) is 46.3 Å². The van der Waals surface area contributed by atoms with Crippen molar-refractivity contribution in [1.82, 2.24) is 4.90 Å². The zero-order chi connectivity index (χ0) is 19.1. The van der Waals surface area contributed by atoms with E-state index in [1.54, 1.807) is 0 Å². The lowest BCUT2D eigenvalue weighted by Crippen LogP contribution is -2.54. The lowest BCUT2D eigenvalue weighted by atomic mass is 9.75. The van der Waals surface area contributed by atoms with Gasteiger partial charge >= 0.3 is 0 Å². The van der Waals surface area contributed by atoms with Crippen molar-refractivity contribution in [2.24, 2.45) is 4.99 Å². The molecule has 5 rings (SSSR count). The van der Waals surface area contributed by atoms with Crippen LogP contribution in [0, 0.1) is 11.3 Å². The summed E-state index contributed by atoms with van der Waals surface area (Å²) < 4.78 is 0. The molecule has 0 saturated carbocycles. The molecule has 2 aliphatic heterocycles. The van der Waals surface area contributed by atoms with E-state index in [-0.39, 0.29) is 12.1 Å². The molecule has 0 aromatic heterocycles. The van der Waals surface area contributed by atoms with E-state index >= 15 is 0 Å². The number of piperidine rings is 1. The number of aliphatic hydroxyl groups is 1. The third-order valence-corrected chi connectivity index (χ3v) is 6.24. The van der Waals surface area contributed by atoms with Gasteiger partial charge in [-0.2, -0.15) is 5.26 Å². The molecule has 0 radical (unpaired) electrons. The molecule has 3 atom stereocenters. The van der Waals surface area contributed by atoms with Gasteiger partial charge < -0.3 is 10.0 Å². The Morgan fingerprint density at radius 1 is 1.04 bits per heavy atom. The molecule has 1 saturated heterocycles. The topological polar surface area (TPSA) is 59.6 Å². The number of nitriles is 1. The van der Waals surface area contributed by atoms with Crippen LogP contribution in [-0.2, 0) is 5.60 Å². The Kier molecular flexibility index (Phi) is 3.92. The van der Waals surface area contributed by atoms with Gasteiger partial charge in [-0.05, 0) is 52.9 Å². The Morgan fingerprint density at radius 3 is 2.61 bits per heavy atom. The van der Waals surface area contributed by atoms with Crippen molar-refractivity contribution in [2.75, 3.05) is 6.54 Å². The molecule has 2 aliphatic rings. The molecule has 3 aromatic carbocycles. The summed E-state index contributed by atoms with van der Waals surface area (Å²) in [4.78, 5) is 6.72. The summed E-state index contributed by atoms with van der Waals surface area (Å²) in [6, 6.07) is 24.5. The number of benzene rings is 3. The van der Waals surface area contributed by atoms with E-state index in [0.717, 1.165) is 22.9 Å². The van der Waals surface area contributed by atoms with Crippen LogP contribution < -0.4 is 0 Å². The molecule has 2 unspecified atom stereocenters. The quantitative estimate of drug-likeness (QED) is 0.740. The summed E-state index contributed by atoms with van der Waals surface area (Å²) in [7, 11) is 0. The second-order valence-corrected chi connectivity index (χ2v) is 7.72. The molecular weight excluding hydrogens is 346 g/mol. The summed E-state index contributed by atoms with van der Waals surface area (Å²) in [5.41, 5.74) is 1.87. The van der Waals surface area contributed by atoms with Gasteiger partial charge in [-0.25, -0.2) is 0 Å². The minimum absolute atomic E-state index is 0.0805. The summed E-state index contributed by atoms with van der Waals surface area (Å²) >= 11 is 0. The molecule has 138 valence electrons. The van der Waals surface area contributed by atoms with Gasteiger partial charge in [-0.1, -0.05) is 48.5 Å². The number of nitrogens with zero attached hydrogens (tertiary/aromatic N) is 3. The molecule has 2 heterocycles. The van der Waals surface area contributed by atoms with E-state index in [1.165, 1.54) is 5.39 Å². The number of aliphatic imine (C=N–C) groups is 1. The van der Waals surface area contributed by atoms with Crippen LogP contribution in [0.5, 0.6) is 0 Å². The molecule has 0 bridgehead atoms. The average molecular weight is 367 g/mol. The first-order chi connectivity index (χ1) is 13.7. The highest BCUT2D eigenvalue weighted by molar-refractivity contribution is 5.83. The highest BCUT2D eigenvalue weighted by Gasteiger charge is 2.49. The van der Waals surface area contributed by atoms with Crippen LogP contribution in [0.1, 0.15) is 35.6 Å². The molecule has 1 N–H and O–H groups in total. The maximum absolute atomic E-state index is 11.8. The fourth-order valence-electron chi connectivity index (χ4n) is 4.70. The second kappa shape index (κ2) is 6.47. The molecule has 0 aliphatic carbocycles. The van der Waals surface area contributed by atoms with Crippen molar-refractivity contribution in [3.63, 3.8) is 0 Å². The van der Waals surface area contributed by atoms with Gasteiger partial charge in [0.1, 0.15) is 5.60 Å². The van der Waals surface area contributed by atoms with Crippen LogP contribution >= 0.6 is 0 Å². The predicted octanol–water partition coefficient (Wildman–Crippen LogP) is 4.15. The normalized spacial score (nSPS) is 26.2. The highest BCUT2D eigenvalue weighted by Crippen LogP contribution is 2.46. The van der Waals surface area contributed by atoms with Crippen LogP contribution in [-0.4, -0.2) is 28.9 Å². The van der Waals surface area contributed by atoms with Crippen molar-refractivity contribution in [2.45, 2.75) is 30.5 Å². The molecule has 4 heteroatoms. The Labute approximate surface area is 164 Å². The van der Waals surface area contributed by atoms with Gasteiger partial charge in [0, 0.05) is 0 Å². The molecular formula is C24H21N3O. The molecule has 4 nitrogen and oxygen atoms in total. The van der Waals surface area contributed by atoms with E-state index in [4.69, 9.17) is 5.26 Å². The minimum Gasteiger partial charge on any atom is -0.383 e. The molecule has 28 heavy (non-hydrogen) atoms. The van der Waals surface area contributed by atoms with Gasteiger partial charge in [-0.15, -0.1) is 0 Å². The van der Waals surface area contributed by atoms with E-state index in [1.807, 2.05) is 42.7 Å². The van der Waals surface area contributed by atoms with Crippen LogP contribution in [0.25, 0.3) is 10.8 Å². The Hall–Kier alpha value is -3.16. The summed E-state index contributed by atoms with van der Waals surface area (Å²) in [6.45, 7) is 0.593. The Balaban J connectivity index is 1.50. The van der Waals surface area contributed by atoms with Gasteiger partial charge in [0.15, 0.2) is 0 Å². The van der Waals surface area contributed by atoms with Crippen LogP contribution in [0.3, 0.4) is 0 Å². The zero-order valence-electron chi connectivity index (χ0n) is 15.5. The van der Waals surface area contributed by atoms with Gasteiger partial charge in [-0.3, -0.25) is 4.99 Å². The Morgan fingerprint density at radius 2 is 1.82 bits per heavy atom. The van der Waals surface area contributed by atoms with Crippen LogP contribution in [0.4, 0.5) is 0 Å². The number of hydrogen-bond donors (Lipinski definition) is 1. The summed E-state index contributed by atoms with van der Waals surface area (Å²) in [6.07, 6.45) is 3.40. The second-order valence-electron chi connectivity index (χ2n) is 7.72. The smallest absolute Gasteiger partial charge is 0.112 e. The summed E-state index contributed by atoms with van der Waals surface area (Å²) in [5, 5.41) is 23.1. The maximum Gasteiger partial charge on any atom is 0.112 e. The molecule has 0 spiro atoms. The number of rotatable bonds is 2. The van der Waals surface area contributed by atoms with Gasteiger partial charge in [0.2, 0.25) is 0 Å². The van der Waals surface area contributed by atoms with Gasteiger partial charge in [0.05, 0.1) is 36.6 Å². The highest BCUT2D eigenvalue weighted by atomic mass is 16.3. The fourth-order valence-corrected chi connectivity index (χ4v) is 4.70. The molecule has 3 aromatic rings. The standard InChI is InChI=1S/C24H21N3O/c25-14-17-5-7-19(8-6-17)22-11-12-24(28,23-15-26-16-27(22)23)21-10-9-18-3-1-2-4-20(18)13-21/h1-10,13,16,22-23,28H,11-12,15H2/t22-,23?,24?/m1/s1. The predicted molar refractivity (Wildman–Crippen MR) is 110 cm³/mol. The lowest BCUT2D eigenvalue weighted by Gasteiger charge is -2.48. The third-order valence-electron chi connectivity index (χ3n) is 6.24. The largest absolute Gasteiger partial charge is 0.383 e. The third kappa shape index (κ3) is 2.59. The number of hydrogen-bond acceptors (Lipinski definition) is 4. The summed E-state index contributed by atoms with van der Waals surface area (Å²) in [5.74, 6) is 0. The monoisotopic (exact) mass is 367 g/mol. The zero-order valence-corrected chi connectivity index (χ0v) is 15.5. The first kappa shape index (κ1) is 17.0. The van der Waals surface area contributed by atoms with Crippen molar-refractivity contribution in [3.05, 3.63) is 83.4 Å². The van der Waals surface area contributed by atoms with Crippen molar-refractivity contribution < 1.29 is 5.11 Å². The van der Waals surface area contributed by atoms with Crippen molar-refractivity contribution >= 4 is 17.1 Å². The first-order valence-corrected chi connectivity index (χ1v) is 9.68. The van der Waals surface area contributed by atoms with Crippen LogP contribution in [0.15, 0.2) is 71.7 Å². The molecule has 1 fully saturated rings. The number of fused-ring (bicyclic) bond motifs is 2. The Bertz CT molecular complexity index is 1100. The first-order valence-electron chi connectivity index (χ1n) is 9.68.